The molecule has 23 heavy (non-hydrogen) atoms. The summed E-state index contributed by atoms with van der Waals surface area (Å²) in [7, 11) is 4.21. The van der Waals surface area contributed by atoms with E-state index < -0.39 is 0 Å². The van der Waals surface area contributed by atoms with Gasteiger partial charge in [-0.2, -0.15) is 4.57 Å². The first kappa shape index (κ1) is 15.8. The van der Waals surface area contributed by atoms with Crippen molar-refractivity contribution in [2.75, 3.05) is 0 Å². The van der Waals surface area contributed by atoms with E-state index in [4.69, 9.17) is 0 Å². The molecule has 0 aliphatic carbocycles. The van der Waals surface area contributed by atoms with Crippen LogP contribution in [0.25, 0.3) is 17.2 Å². The van der Waals surface area contributed by atoms with E-state index in [1.54, 1.807) is 0 Å². The van der Waals surface area contributed by atoms with Crippen molar-refractivity contribution in [3.05, 3.63) is 42.0 Å². The number of nitrogens with zero attached hydrogens (tertiary/aromatic N) is 4. The van der Waals surface area contributed by atoms with Crippen molar-refractivity contribution in [3.63, 3.8) is 0 Å². The summed E-state index contributed by atoms with van der Waals surface area (Å²) in [5.41, 5.74) is 5.33. The maximum Gasteiger partial charge on any atom is 0.230 e. The molecular formula is C19H27N4+. The second-order valence-electron chi connectivity index (χ2n) is 7.21. The zero-order valence-electron chi connectivity index (χ0n) is 15.0. The molecule has 0 fully saturated rings. The quantitative estimate of drug-likeness (QED) is 0.677. The van der Waals surface area contributed by atoms with Crippen molar-refractivity contribution in [2.45, 2.75) is 40.0 Å². The summed E-state index contributed by atoms with van der Waals surface area (Å²) in [6, 6.07) is 2.37. The predicted molar refractivity (Wildman–Crippen MR) is 93.4 cm³/mol. The normalized spacial score (nSPS) is 12.0. The van der Waals surface area contributed by atoms with Crippen LogP contribution in [0.1, 0.15) is 44.7 Å². The Morgan fingerprint density at radius 3 is 2.57 bits per heavy atom. The fourth-order valence-electron chi connectivity index (χ4n) is 3.33. The first-order valence-corrected chi connectivity index (χ1v) is 8.39. The molecule has 4 heteroatoms. The SMILES string of the molecule is CC(C)Cc1cc(-c2cn3ccnc3n2C)[n+](C)cc1C(C)C. The van der Waals surface area contributed by atoms with Crippen LogP contribution in [-0.2, 0) is 20.5 Å². The molecule has 0 saturated heterocycles. The van der Waals surface area contributed by atoms with Gasteiger partial charge in [0.2, 0.25) is 11.5 Å². The van der Waals surface area contributed by atoms with Gasteiger partial charge in [-0.15, -0.1) is 0 Å². The van der Waals surface area contributed by atoms with Gasteiger partial charge in [0, 0.05) is 37.3 Å². The summed E-state index contributed by atoms with van der Waals surface area (Å²) in [4.78, 5) is 4.43. The molecular weight excluding hydrogens is 284 g/mol. The molecule has 3 heterocycles. The lowest BCUT2D eigenvalue weighted by Crippen LogP contribution is -2.33. The third-order valence-corrected chi connectivity index (χ3v) is 4.48. The first-order chi connectivity index (χ1) is 10.9. The summed E-state index contributed by atoms with van der Waals surface area (Å²) in [6.07, 6.45) is 9.41. The average Bonchev–Trinajstić information content (AvgIpc) is 3.03. The van der Waals surface area contributed by atoms with Gasteiger partial charge in [-0.25, -0.2) is 4.98 Å². The minimum Gasteiger partial charge on any atom is -0.308 e. The Hall–Kier alpha value is -2.10. The molecule has 0 aliphatic heterocycles. The third kappa shape index (κ3) is 2.78. The van der Waals surface area contributed by atoms with E-state index in [2.05, 4.69) is 78.8 Å². The Labute approximate surface area is 138 Å². The Kier molecular flexibility index (Phi) is 4.00. The standard InChI is InChI=1S/C19H27N4/c1-13(2)9-15-10-17(21(5)11-16(15)14(3)4)18-12-23-8-7-20-19(23)22(18)6/h7-8,10-14H,9H2,1-6H3/q+1. The number of fused-ring (bicyclic) bond motifs is 1. The number of imidazole rings is 2. The van der Waals surface area contributed by atoms with Crippen molar-refractivity contribution in [1.29, 1.82) is 0 Å². The molecule has 0 bridgehead atoms. The summed E-state index contributed by atoms with van der Waals surface area (Å²) >= 11 is 0. The van der Waals surface area contributed by atoms with Crippen molar-refractivity contribution in [2.24, 2.45) is 20.0 Å². The second-order valence-corrected chi connectivity index (χ2v) is 7.21. The van der Waals surface area contributed by atoms with Gasteiger partial charge in [0.25, 0.3) is 0 Å². The molecule has 0 aliphatic rings. The smallest absolute Gasteiger partial charge is 0.230 e. The fraction of sp³-hybridized carbons (Fsp3) is 0.474. The van der Waals surface area contributed by atoms with E-state index >= 15 is 0 Å². The van der Waals surface area contributed by atoms with Crippen LogP contribution < -0.4 is 4.57 Å². The van der Waals surface area contributed by atoms with Gasteiger partial charge in [-0.05, 0) is 23.8 Å². The number of rotatable bonds is 4. The summed E-state index contributed by atoms with van der Waals surface area (Å²) in [6.45, 7) is 9.12. The van der Waals surface area contributed by atoms with Crippen LogP contribution in [0.2, 0.25) is 0 Å². The van der Waals surface area contributed by atoms with Gasteiger partial charge in [-0.1, -0.05) is 27.7 Å². The molecule has 0 saturated carbocycles. The molecule has 3 aromatic rings. The molecule has 0 N–H and O–H groups in total. The predicted octanol–water partition coefficient (Wildman–Crippen LogP) is 3.49. The van der Waals surface area contributed by atoms with Crippen LogP contribution in [0.5, 0.6) is 0 Å². The lowest BCUT2D eigenvalue weighted by molar-refractivity contribution is -0.661. The molecule has 0 aromatic carbocycles. The minimum atomic E-state index is 0.537. The lowest BCUT2D eigenvalue weighted by Gasteiger charge is -2.14. The van der Waals surface area contributed by atoms with Crippen LogP contribution in [0.4, 0.5) is 0 Å². The van der Waals surface area contributed by atoms with E-state index in [0.717, 1.165) is 12.2 Å². The van der Waals surface area contributed by atoms with E-state index in [-0.39, 0.29) is 0 Å². The highest BCUT2D eigenvalue weighted by Crippen LogP contribution is 2.26. The van der Waals surface area contributed by atoms with Crippen LogP contribution in [-0.4, -0.2) is 14.0 Å². The van der Waals surface area contributed by atoms with E-state index in [1.165, 1.54) is 22.5 Å². The van der Waals surface area contributed by atoms with E-state index in [0.29, 0.717) is 11.8 Å². The number of pyridine rings is 1. The zero-order chi connectivity index (χ0) is 16.7. The highest BCUT2D eigenvalue weighted by Gasteiger charge is 2.21. The Morgan fingerprint density at radius 2 is 1.96 bits per heavy atom. The number of aromatic nitrogens is 4. The van der Waals surface area contributed by atoms with Gasteiger partial charge >= 0.3 is 0 Å². The molecule has 0 unspecified atom stereocenters. The molecule has 3 rings (SSSR count). The van der Waals surface area contributed by atoms with E-state index in [9.17, 15) is 0 Å². The van der Waals surface area contributed by atoms with Crippen molar-refractivity contribution < 1.29 is 4.57 Å². The Balaban J connectivity index is 2.18. The van der Waals surface area contributed by atoms with Gasteiger partial charge in [-0.3, -0.25) is 4.40 Å². The molecule has 3 aromatic heterocycles. The van der Waals surface area contributed by atoms with Gasteiger partial charge < -0.3 is 4.57 Å². The van der Waals surface area contributed by atoms with Crippen molar-refractivity contribution in [1.82, 2.24) is 14.0 Å². The summed E-state index contributed by atoms with van der Waals surface area (Å²) < 4.78 is 6.48. The number of aryl methyl sites for hydroxylation is 2. The number of hydrogen-bond donors (Lipinski definition) is 0. The maximum atomic E-state index is 4.43. The van der Waals surface area contributed by atoms with Crippen molar-refractivity contribution in [3.8, 4) is 11.4 Å². The average molecular weight is 311 g/mol. The highest BCUT2D eigenvalue weighted by atomic mass is 15.2. The Morgan fingerprint density at radius 1 is 1.22 bits per heavy atom. The maximum absolute atomic E-state index is 4.43. The van der Waals surface area contributed by atoms with Crippen LogP contribution in [0.15, 0.2) is 30.9 Å². The zero-order valence-corrected chi connectivity index (χ0v) is 15.0. The molecule has 4 nitrogen and oxygen atoms in total. The molecule has 0 radical (unpaired) electrons. The third-order valence-electron chi connectivity index (χ3n) is 4.48. The van der Waals surface area contributed by atoms with Crippen LogP contribution in [0.3, 0.4) is 0 Å². The lowest BCUT2D eigenvalue weighted by atomic mass is 9.92. The first-order valence-electron chi connectivity index (χ1n) is 8.39. The van der Waals surface area contributed by atoms with Gasteiger partial charge in [0.1, 0.15) is 12.7 Å². The molecule has 122 valence electrons. The summed E-state index contributed by atoms with van der Waals surface area (Å²) in [5.74, 6) is 2.16. The number of hydrogen-bond acceptors (Lipinski definition) is 1. The van der Waals surface area contributed by atoms with E-state index in [1.807, 2.05) is 12.4 Å². The highest BCUT2D eigenvalue weighted by molar-refractivity contribution is 5.57. The molecule has 0 amide bonds. The molecule has 0 atom stereocenters. The Bertz CT molecular complexity index is 837. The van der Waals surface area contributed by atoms with Gasteiger partial charge in [0.05, 0.1) is 0 Å². The van der Waals surface area contributed by atoms with Crippen LogP contribution in [0, 0.1) is 5.92 Å². The fourth-order valence-corrected chi connectivity index (χ4v) is 3.33. The minimum absolute atomic E-state index is 0.537. The largest absolute Gasteiger partial charge is 0.308 e. The van der Waals surface area contributed by atoms with Crippen LogP contribution >= 0.6 is 0 Å². The molecule has 0 spiro atoms. The van der Waals surface area contributed by atoms with Gasteiger partial charge in [0.15, 0.2) is 6.20 Å². The monoisotopic (exact) mass is 311 g/mol. The topological polar surface area (TPSA) is 26.1 Å². The summed E-state index contributed by atoms with van der Waals surface area (Å²) in [5, 5.41) is 0. The van der Waals surface area contributed by atoms with Crippen molar-refractivity contribution >= 4 is 5.78 Å². The second kappa shape index (κ2) is 5.84.